The summed E-state index contributed by atoms with van der Waals surface area (Å²) in [5.41, 5.74) is 1.80. The van der Waals surface area contributed by atoms with E-state index in [2.05, 4.69) is 45.6 Å². The molecule has 0 radical (unpaired) electrons. The topological polar surface area (TPSA) is 45.7 Å². The first-order chi connectivity index (χ1) is 11.0. The number of amides is 1. The first-order valence-corrected chi connectivity index (χ1v) is 8.45. The van der Waals surface area contributed by atoms with E-state index in [0.717, 1.165) is 10.9 Å². The molecule has 3 nitrogen and oxygen atoms in total. The number of carbonyl (C=O) groups excluding carboxylic acids is 1. The van der Waals surface area contributed by atoms with Gasteiger partial charge in [-0.1, -0.05) is 35.0 Å². The van der Waals surface area contributed by atoms with Crippen LogP contribution in [0.1, 0.15) is 31.9 Å². The molecule has 0 heterocycles. The largest absolute Gasteiger partial charge is 0.330 e. The van der Waals surface area contributed by atoms with Crippen molar-refractivity contribution >= 4 is 27.5 Å². The van der Waals surface area contributed by atoms with Gasteiger partial charge in [0.05, 0.1) is 0 Å². The van der Waals surface area contributed by atoms with Crippen LogP contribution in [0.25, 0.3) is 0 Å². The van der Waals surface area contributed by atoms with E-state index in [1.807, 2.05) is 19.1 Å². The third kappa shape index (κ3) is 5.15. The predicted molar refractivity (Wildman–Crippen MR) is 93.6 cm³/mol. The van der Waals surface area contributed by atoms with E-state index in [1.54, 1.807) is 12.1 Å². The van der Waals surface area contributed by atoms with Crippen molar-refractivity contribution in [2.75, 3.05) is 5.32 Å². The maximum atomic E-state index is 12.9. The van der Waals surface area contributed by atoms with Crippen LogP contribution in [0.4, 0.5) is 10.1 Å². The van der Waals surface area contributed by atoms with Crippen molar-refractivity contribution in [2.24, 2.45) is 0 Å². The third-order valence-electron chi connectivity index (χ3n) is 3.78. The van der Waals surface area contributed by atoms with Crippen LogP contribution < -0.4 is 10.6 Å². The van der Waals surface area contributed by atoms with E-state index < -0.39 is 0 Å². The Morgan fingerprint density at radius 1 is 1.17 bits per heavy atom. The van der Waals surface area contributed by atoms with Gasteiger partial charge in [0, 0.05) is 22.1 Å². The van der Waals surface area contributed by atoms with Gasteiger partial charge in [-0.25, -0.2) is 4.39 Å². The normalized spacial score (nSPS) is 13.4. The van der Waals surface area contributed by atoms with Gasteiger partial charge in [-0.2, -0.15) is 0 Å². The maximum absolute atomic E-state index is 12.9. The Kier molecular flexibility index (Phi) is 6.30. The summed E-state index contributed by atoms with van der Waals surface area (Å²) in [6.07, 6.45) is 0.926. The molecule has 122 valence electrons. The fourth-order valence-electron chi connectivity index (χ4n) is 2.42. The van der Waals surface area contributed by atoms with Gasteiger partial charge >= 0.3 is 0 Å². The molecule has 2 rings (SSSR count). The molecule has 0 fully saturated rings. The van der Waals surface area contributed by atoms with E-state index in [-0.39, 0.29) is 23.8 Å². The quantitative estimate of drug-likeness (QED) is 0.790. The van der Waals surface area contributed by atoms with E-state index in [9.17, 15) is 9.18 Å². The standard InChI is InChI=1S/C18H20BrFN2O/c1-3-17(13-4-6-14(19)7-5-13)21-12(2)18(23)22-16-10-8-15(20)9-11-16/h4-12,17,21H,3H2,1-2H3,(H,22,23)/p+1/t12-,17+/m0/s1. The number of halogens is 2. The van der Waals surface area contributed by atoms with E-state index >= 15 is 0 Å². The molecule has 0 aliphatic rings. The first-order valence-electron chi connectivity index (χ1n) is 7.66. The SMILES string of the molecule is CC[C@@H]([NH2+][C@@H](C)C(=O)Nc1ccc(F)cc1)c1ccc(Br)cc1. The molecule has 0 aliphatic carbocycles. The number of rotatable bonds is 6. The summed E-state index contributed by atoms with van der Waals surface area (Å²) < 4.78 is 13.9. The van der Waals surface area contributed by atoms with Crippen molar-refractivity contribution in [1.29, 1.82) is 0 Å². The predicted octanol–water partition coefficient (Wildman–Crippen LogP) is 3.63. The van der Waals surface area contributed by atoms with Crippen LogP contribution in [0, 0.1) is 5.82 Å². The summed E-state index contributed by atoms with van der Waals surface area (Å²) in [6, 6.07) is 13.9. The summed E-state index contributed by atoms with van der Waals surface area (Å²) in [5.74, 6) is -0.406. The van der Waals surface area contributed by atoms with Gasteiger partial charge < -0.3 is 10.6 Å². The number of nitrogens with two attached hydrogens (primary N) is 1. The van der Waals surface area contributed by atoms with Crippen molar-refractivity contribution in [1.82, 2.24) is 0 Å². The molecule has 0 aliphatic heterocycles. The first kappa shape index (κ1) is 17.6. The van der Waals surface area contributed by atoms with Crippen molar-refractivity contribution in [3.05, 3.63) is 64.4 Å². The van der Waals surface area contributed by atoms with Crippen molar-refractivity contribution in [3.63, 3.8) is 0 Å². The molecule has 2 aromatic rings. The minimum absolute atomic E-state index is 0.0906. The molecule has 1 amide bonds. The molecular formula is C18H21BrFN2O+. The van der Waals surface area contributed by atoms with E-state index in [1.165, 1.54) is 17.7 Å². The van der Waals surface area contributed by atoms with Crippen LogP contribution in [0.2, 0.25) is 0 Å². The van der Waals surface area contributed by atoms with Crippen LogP contribution in [-0.2, 0) is 4.79 Å². The molecule has 0 saturated carbocycles. The Balaban J connectivity index is 1.98. The summed E-state index contributed by atoms with van der Waals surface area (Å²) in [6.45, 7) is 3.98. The molecule has 2 atom stereocenters. The Morgan fingerprint density at radius 3 is 2.35 bits per heavy atom. The number of benzene rings is 2. The Morgan fingerprint density at radius 2 is 1.78 bits per heavy atom. The smallest absolute Gasteiger partial charge is 0.282 e. The lowest BCUT2D eigenvalue weighted by atomic mass is 10.0. The Bertz CT molecular complexity index is 643. The average Bonchev–Trinajstić information content (AvgIpc) is 2.55. The highest BCUT2D eigenvalue weighted by molar-refractivity contribution is 9.10. The van der Waals surface area contributed by atoms with Crippen LogP contribution in [0.3, 0.4) is 0 Å². The zero-order chi connectivity index (χ0) is 16.8. The molecule has 2 aromatic carbocycles. The third-order valence-corrected chi connectivity index (χ3v) is 4.31. The van der Waals surface area contributed by atoms with Gasteiger partial charge in [-0.15, -0.1) is 0 Å². The number of quaternary nitrogens is 1. The van der Waals surface area contributed by atoms with Gasteiger partial charge in [-0.3, -0.25) is 4.79 Å². The van der Waals surface area contributed by atoms with E-state index in [0.29, 0.717) is 5.69 Å². The molecule has 5 heteroatoms. The van der Waals surface area contributed by atoms with Gasteiger partial charge in [0.15, 0.2) is 6.04 Å². The summed E-state index contributed by atoms with van der Waals surface area (Å²) in [7, 11) is 0. The van der Waals surface area contributed by atoms with Crippen molar-refractivity contribution < 1.29 is 14.5 Å². The fourth-order valence-corrected chi connectivity index (χ4v) is 2.68. The minimum Gasteiger partial charge on any atom is -0.330 e. The van der Waals surface area contributed by atoms with Crippen LogP contribution >= 0.6 is 15.9 Å². The molecular weight excluding hydrogens is 359 g/mol. The Hall–Kier alpha value is -1.72. The number of hydrogen-bond acceptors (Lipinski definition) is 1. The molecule has 23 heavy (non-hydrogen) atoms. The molecule has 0 aromatic heterocycles. The summed E-state index contributed by atoms with van der Waals surface area (Å²) in [5, 5.41) is 4.87. The molecule has 0 spiro atoms. The summed E-state index contributed by atoms with van der Waals surface area (Å²) in [4.78, 5) is 12.3. The highest BCUT2D eigenvalue weighted by Gasteiger charge is 2.22. The Labute approximate surface area is 144 Å². The maximum Gasteiger partial charge on any atom is 0.282 e. The van der Waals surface area contributed by atoms with E-state index in [4.69, 9.17) is 0 Å². The van der Waals surface area contributed by atoms with Gasteiger partial charge in [0.2, 0.25) is 0 Å². The summed E-state index contributed by atoms with van der Waals surface area (Å²) >= 11 is 3.43. The zero-order valence-corrected chi connectivity index (χ0v) is 14.8. The lowest BCUT2D eigenvalue weighted by molar-refractivity contribution is -0.713. The van der Waals surface area contributed by atoms with Crippen LogP contribution in [0.15, 0.2) is 53.0 Å². The number of anilines is 1. The lowest BCUT2D eigenvalue weighted by Crippen LogP contribution is -2.92. The van der Waals surface area contributed by atoms with Gasteiger partial charge in [0.25, 0.3) is 5.91 Å². The molecule has 0 bridgehead atoms. The monoisotopic (exact) mass is 379 g/mol. The minimum atomic E-state index is -0.316. The zero-order valence-electron chi connectivity index (χ0n) is 13.2. The second-order valence-electron chi connectivity index (χ2n) is 5.54. The van der Waals surface area contributed by atoms with Crippen LogP contribution in [0.5, 0.6) is 0 Å². The number of carbonyl (C=O) groups is 1. The lowest BCUT2D eigenvalue weighted by Gasteiger charge is -2.19. The van der Waals surface area contributed by atoms with Crippen molar-refractivity contribution in [3.8, 4) is 0 Å². The molecule has 3 N–H and O–H groups in total. The second-order valence-corrected chi connectivity index (χ2v) is 6.46. The fraction of sp³-hybridized carbons (Fsp3) is 0.278. The van der Waals surface area contributed by atoms with Gasteiger partial charge in [0.1, 0.15) is 11.9 Å². The average molecular weight is 380 g/mol. The van der Waals surface area contributed by atoms with Crippen molar-refractivity contribution in [2.45, 2.75) is 32.4 Å². The number of hydrogen-bond donors (Lipinski definition) is 2. The second kappa shape index (κ2) is 8.22. The molecule has 0 saturated heterocycles. The van der Waals surface area contributed by atoms with Gasteiger partial charge in [-0.05, 0) is 43.3 Å². The highest BCUT2D eigenvalue weighted by atomic mass is 79.9. The highest BCUT2D eigenvalue weighted by Crippen LogP contribution is 2.16. The van der Waals surface area contributed by atoms with Crippen LogP contribution in [-0.4, -0.2) is 11.9 Å². The molecule has 0 unspecified atom stereocenters. The number of nitrogens with one attached hydrogen (secondary N) is 1.